The van der Waals surface area contributed by atoms with Gasteiger partial charge in [-0.3, -0.25) is 9.59 Å². The Morgan fingerprint density at radius 2 is 2.00 bits per heavy atom. The number of carbonyl (C=O) groups is 3. The number of hydrogen-bond acceptors (Lipinski definition) is 8. The number of rotatable bonds is 8. The third kappa shape index (κ3) is 6.43. The fourth-order valence-electron chi connectivity index (χ4n) is 3.90. The van der Waals surface area contributed by atoms with Crippen LogP contribution >= 0.6 is 34.8 Å². The molecule has 13 heteroatoms. The lowest BCUT2D eigenvalue weighted by Gasteiger charge is -2.31. The van der Waals surface area contributed by atoms with Gasteiger partial charge in [0.05, 0.1) is 37.4 Å². The van der Waals surface area contributed by atoms with Crippen LogP contribution in [0.25, 0.3) is 0 Å². The van der Waals surface area contributed by atoms with Gasteiger partial charge in [0, 0.05) is 12.6 Å². The van der Waals surface area contributed by atoms with E-state index in [4.69, 9.17) is 53.8 Å². The number of halogens is 3. The highest BCUT2D eigenvalue weighted by atomic mass is 35.6. The van der Waals surface area contributed by atoms with E-state index in [2.05, 4.69) is 6.58 Å². The number of carbonyl (C=O) groups excluding carboxylic acids is 3. The molecule has 1 unspecified atom stereocenters. The quantitative estimate of drug-likeness (QED) is 0.297. The molecular formula is C22H25Cl3N2O8. The zero-order chi connectivity index (χ0) is 25.8. The molecule has 2 aliphatic heterocycles. The van der Waals surface area contributed by atoms with Gasteiger partial charge in [-0.05, 0) is 18.9 Å². The van der Waals surface area contributed by atoms with Gasteiger partial charge in [-0.15, -0.1) is 0 Å². The number of methoxy groups -OCH3 is 1. The van der Waals surface area contributed by atoms with Crippen LogP contribution in [0, 0.1) is 0 Å². The monoisotopic (exact) mass is 550 g/mol. The number of esters is 1. The predicted octanol–water partition coefficient (Wildman–Crippen LogP) is 3.44. The molecule has 192 valence electrons. The van der Waals surface area contributed by atoms with E-state index < -0.39 is 34.7 Å². The zero-order valence-corrected chi connectivity index (χ0v) is 21.1. The van der Waals surface area contributed by atoms with Crippen molar-refractivity contribution in [2.24, 2.45) is 0 Å². The third-order valence-corrected chi connectivity index (χ3v) is 5.75. The normalized spacial score (nSPS) is 19.4. The van der Waals surface area contributed by atoms with Crippen molar-refractivity contribution in [3.05, 3.63) is 30.4 Å². The summed E-state index contributed by atoms with van der Waals surface area (Å²) in [6, 6.07) is 2.21. The highest BCUT2D eigenvalue weighted by Gasteiger charge is 2.45. The molecule has 0 saturated carbocycles. The molecule has 0 radical (unpaired) electrons. The van der Waals surface area contributed by atoms with Gasteiger partial charge < -0.3 is 29.0 Å². The zero-order valence-electron chi connectivity index (χ0n) is 18.9. The van der Waals surface area contributed by atoms with E-state index in [0.717, 1.165) is 4.90 Å². The maximum Gasteiger partial charge on any atom is 0.416 e. The lowest BCUT2D eigenvalue weighted by Crippen LogP contribution is -2.50. The number of anilines is 1. The van der Waals surface area contributed by atoms with Gasteiger partial charge in [-0.1, -0.05) is 47.5 Å². The number of benzene rings is 1. The smallest absolute Gasteiger partial charge is 0.416 e. The molecule has 0 bridgehead atoms. The van der Waals surface area contributed by atoms with Crippen molar-refractivity contribution in [1.82, 2.24) is 4.90 Å². The molecular weight excluding hydrogens is 527 g/mol. The summed E-state index contributed by atoms with van der Waals surface area (Å²) in [5.74, 6) is -0.700. The molecule has 0 spiro atoms. The van der Waals surface area contributed by atoms with E-state index in [0.29, 0.717) is 19.4 Å². The first-order valence-electron chi connectivity index (χ1n) is 10.7. The molecule has 35 heavy (non-hydrogen) atoms. The second-order valence-electron chi connectivity index (χ2n) is 7.75. The molecule has 2 heterocycles. The molecule has 2 atom stereocenters. The lowest BCUT2D eigenvalue weighted by atomic mass is 10.1. The molecule has 1 fully saturated rings. The molecule has 1 aromatic carbocycles. The summed E-state index contributed by atoms with van der Waals surface area (Å²) in [6.45, 7) is 3.31. The van der Waals surface area contributed by atoms with E-state index in [1.165, 1.54) is 30.2 Å². The summed E-state index contributed by atoms with van der Waals surface area (Å²) in [6.07, 6.45) is 0.211. The average molecular weight is 552 g/mol. The number of amides is 2. The van der Waals surface area contributed by atoms with Crippen molar-refractivity contribution >= 4 is 58.5 Å². The molecule has 0 aliphatic carbocycles. The van der Waals surface area contributed by atoms with Crippen molar-refractivity contribution < 1.29 is 38.4 Å². The highest BCUT2D eigenvalue weighted by Crippen LogP contribution is 2.41. The van der Waals surface area contributed by atoms with Crippen LogP contribution in [0.15, 0.2) is 24.8 Å². The van der Waals surface area contributed by atoms with Crippen molar-refractivity contribution in [2.75, 3.05) is 38.4 Å². The fraction of sp³-hybridized carbons (Fsp3) is 0.500. The standard InChI is InChI=1S/C22H25Cl3N2O8/c1-3-8-34-21(31)27-15-11-17(33-9-6-18(28)35-12-22(23,24)25)16(32-2)10-13(15)19(29)26-7-4-5-14(26)20(27)30/h3,10-11,14,20,30H,1,4-9,12H2,2H3/t14-,20?/m0/s1. The largest absolute Gasteiger partial charge is 0.493 e. The Balaban J connectivity index is 1.90. The van der Waals surface area contributed by atoms with Crippen LogP contribution in [-0.2, 0) is 14.3 Å². The Labute approximate surface area is 217 Å². The minimum Gasteiger partial charge on any atom is -0.493 e. The third-order valence-electron chi connectivity index (χ3n) is 5.42. The summed E-state index contributed by atoms with van der Waals surface area (Å²) in [5, 5.41) is 11.1. The van der Waals surface area contributed by atoms with Gasteiger partial charge in [0.1, 0.15) is 13.2 Å². The molecule has 1 aromatic rings. The van der Waals surface area contributed by atoms with Gasteiger partial charge in [0.25, 0.3) is 5.91 Å². The van der Waals surface area contributed by atoms with Crippen LogP contribution in [0.5, 0.6) is 11.5 Å². The van der Waals surface area contributed by atoms with E-state index >= 15 is 0 Å². The minimum atomic E-state index is -1.73. The summed E-state index contributed by atoms with van der Waals surface area (Å²) in [7, 11) is 1.38. The fourth-order valence-corrected chi connectivity index (χ4v) is 4.06. The SMILES string of the molecule is C=CCOC(=O)N1c2cc(OCCC(=O)OCC(Cl)(Cl)Cl)c(OC)cc2C(=O)N2CCC[C@H]2C1O. The Hall–Kier alpha value is -2.40. The van der Waals surface area contributed by atoms with Crippen LogP contribution in [0.4, 0.5) is 10.5 Å². The molecule has 0 aromatic heterocycles. The highest BCUT2D eigenvalue weighted by molar-refractivity contribution is 6.67. The van der Waals surface area contributed by atoms with Gasteiger partial charge in [0.15, 0.2) is 17.7 Å². The van der Waals surface area contributed by atoms with Crippen molar-refractivity contribution in [2.45, 2.75) is 35.3 Å². The van der Waals surface area contributed by atoms with Crippen LogP contribution in [-0.4, -0.2) is 77.5 Å². The topological polar surface area (TPSA) is 115 Å². The van der Waals surface area contributed by atoms with Gasteiger partial charge in [-0.25, -0.2) is 9.69 Å². The van der Waals surface area contributed by atoms with Crippen LogP contribution < -0.4 is 14.4 Å². The number of hydrogen-bond donors (Lipinski definition) is 1. The van der Waals surface area contributed by atoms with E-state index in [-0.39, 0.29) is 48.3 Å². The van der Waals surface area contributed by atoms with Crippen LogP contribution in [0.1, 0.15) is 29.6 Å². The molecule has 1 saturated heterocycles. The second-order valence-corrected chi connectivity index (χ2v) is 10.3. The Bertz CT molecular complexity index is 984. The van der Waals surface area contributed by atoms with Gasteiger partial charge in [0.2, 0.25) is 3.79 Å². The van der Waals surface area contributed by atoms with Gasteiger partial charge in [-0.2, -0.15) is 0 Å². The van der Waals surface area contributed by atoms with Crippen LogP contribution in [0.2, 0.25) is 0 Å². The van der Waals surface area contributed by atoms with E-state index in [1.54, 1.807) is 0 Å². The number of aliphatic hydroxyl groups is 1. The molecule has 2 amide bonds. The first-order chi connectivity index (χ1) is 16.6. The van der Waals surface area contributed by atoms with E-state index in [1.807, 2.05) is 0 Å². The molecule has 1 N–H and O–H groups in total. The van der Waals surface area contributed by atoms with Crippen LogP contribution in [0.3, 0.4) is 0 Å². The van der Waals surface area contributed by atoms with Crippen molar-refractivity contribution in [3.63, 3.8) is 0 Å². The average Bonchev–Trinajstić information content (AvgIpc) is 3.28. The number of fused-ring (bicyclic) bond motifs is 2. The minimum absolute atomic E-state index is 0.0838. The lowest BCUT2D eigenvalue weighted by molar-refractivity contribution is -0.144. The predicted molar refractivity (Wildman–Crippen MR) is 128 cm³/mol. The summed E-state index contributed by atoms with van der Waals surface area (Å²) < 4.78 is 19.4. The molecule has 3 rings (SSSR count). The second kappa shape index (κ2) is 11.6. The molecule has 10 nitrogen and oxygen atoms in total. The maximum absolute atomic E-state index is 13.3. The van der Waals surface area contributed by atoms with Crippen molar-refractivity contribution in [1.29, 1.82) is 0 Å². The Morgan fingerprint density at radius 3 is 2.66 bits per heavy atom. The number of nitrogens with zero attached hydrogens (tertiary/aromatic N) is 2. The number of alkyl halides is 3. The Morgan fingerprint density at radius 1 is 1.26 bits per heavy atom. The first-order valence-corrected chi connectivity index (χ1v) is 11.8. The number of ether oxygens (including phenoxy) is 4. The maximum atomic E-state index is 13.3. The molecule has 2 aliphatic rings. The summed E-state index contributed by atoms with van der Waals surface area (Å²) in [4.78, 5) is 40.6. The summed E-state index contributed by atoms with van der Waals surface area (Å²) >= 11 is 16.7. The Kier molecular flexibility index (Phi) is 8.98. The summed E-state index contributed by atoms with van der Waals surface area (Å²) in [5.41, 5.74) is 0.218. The van der Waals surface area contributed by atoms with Gasteiger partial charge >= 0.3 is 12.1 Å². The first kappa shape index (κ1) is 27.2. The number of aliphatic hydroxyl groups excluding tert-OH is 1. The van der Waals surface area contributed by atoms with E-state index in [9.17, 15) is 19.5 Å². The van der Waals surface area contributed by atoms with Crippen molar-refractivity contribution in [3.8, 4) is 11.5 Å².